The molecule has 2 saturated heterocycles. The lowest BCUT2D eigenvalue weighted by Gasteiger charge is -2.28. The number of nitrogens with zero attached hydrogens (tertiary/aromatic N) is 5. The fourth-order valence-electron chi connectivity index (χ4n) is 3.17. The number of piperidine rings is 1. The molecule has 2 fully saturated rings. The Hall–Kier alpha value is -2.61. The van der Waals surface area contributed by atoms with Gasteiger partial charge in [-0.15, -0.1) is 12.4 Å². The van der Waals surface area contributed by atoms with Crippen LogP contribution in [0.3, 0.4) is 0 Å². The number of hydrogen-bond donors (Lipinski definition) is 0. The van der Waals surface area contributed by atoms with E-state index in [1.165, 1.54) is 22.0 Å². The van der Waals surface area contributed by atoms with Crippen molar-refractivity contribution in [2.75, 3.05) is 31.1 Å². The van der Waals surface area contributed by atoms with Crippen molar-refractivity contribution in [2.24, 2.45) is 5.10 Å². The van der Waals surface area contributed by atoms with Gasteiger partial charge in [0.05, 0.1) is 12.8 Å². The van der Waals surface area contributed by atoms with Gasteiger partial charge in [0.15, 0.2) is 0 Å². The smallest absolute Gasteiger partial charge is 0.430 e. The molecule has 0 aliphatic carbocycles. The van der Waals surface area contributed by atoms with Gasteiger partial charge < -0.3 is 9.64 Å². The first-order valence-electron chi connectivity index (χ1n) is 8.49. The monoisotopic (exact) mass is 377 g/mol. The number of rotatable bonds is 3. The first-order chi connectivity index (χ1) is 12.2. The van der Waals surface area contributed by atoms with Crippen LogP contribution in [0.2, 0.25) is 0 Å². The number of ether oxygens (including phenoxy) is 1. The molecule has 8 nitrogen and oxygen atoms in total. The van der Waals surface area contributed by atoms with Crippen molar-refractivity contribution < 1.29 is 9.53 Å². The lowest BCUT2D eigenvalue weighted by Crippen LogP contribution is -2.34. The number of halogens is 1. The number of fused-ring (bicyclic) bond motifs is 1. The van der Waals surface area contributed by atoms with Gasteiger partial charge in [-0.05, 0) is 31.4 Å². The molecule has 9 heteroatoms. The van der Waals surface area contributed by atoms with E-state index in [0.717, 1.165) is 25.9 Å². The van der Waals surface area contributed by atoms with Crippen LogP contribution in [-0.2, 0) is 4.74 Å². The van der Waals surface area contributed by atoms with Crippen molar-refractivity contribution in [3.05, 3.63) is 40.3 Å². The van der Waals surface area contributed by atoms with Gasteiger partial charge >= 0.3 is 6.09 Å². The Balaban J connectivity index is 0.00000196. The van der Waals surface area contributed by atoms with E-state index in [9.17, 15) is 9.59 Å². The minimum absolute atomic E-state index is 0. The van der Waals surface area contributed by atoms with Crippen LogP contribution in [0.1, 0.15) is 24.8 Å². The van der Waals surface area contributed by atoms with Crippen molar-refractivity contribution in [2.45, 2.75) is 19.3 Å². The van der Waals surface area contributed by atoms with Crippen molar-refractivity contribution in [1.29, 1.82) is 0 Å². The van der Waals surface area contributed by atoms with E-state index >= 15 is 0 Å². The molecule has 2 aromatic rings. The molecule has 26 heavy (non-hydrogen) atoms. The number of carbonyl (C=O) groups excluding carboxylic acids is 1. The van der Waals surface area contributed by atoms with Crippen LogP contribution in [0.15, 0.2) is 34.3 Å². The molecule has 138 valence electrons. The van der Waals surface area contributed by atoms with Gasteiger partial charge in [-0.1, -0.05) is 6.07 Å². The summed E-state index contributed by atoms with van der Waals surface area (Å²) in [6.07, 6.45) is 5.96. The van der Waals surface area contributed by atoms with Gasteiger partial charge in [-0.3, -0.25) is 9.20 Å². The predicted octanol–water partition coefficient (Wildman–Crippen LogP) is 1.89. The number of cyclic esters (lactones) is 1. The van der Waals surface area contributed by atoms with Crippen LogP contribution < -0.4 is 10.5 Å². The molecule has 0 spiro atoms. The van der Waals surface area contributed by atoms with Crippen molar-refractivity contribution in [3.8, 4) is 0 Å². The molecule has 2 aliphatic rings. The van der Waals surface area contributed by atoms with Crippen LogP contribution in [0, 0.1) is 0 Å². The molecule has 0 aromatic carbocycles. The van der Waals surface area contributed by atoms with Crippen LogP contribution >= 0.6 is 12.4 Å². The molecule has 1 amide bonds. The third-order valence-electron chi connectivity index (χ3n) is 4.47. The Bertz CT molecular complexity index is 892. The minimum atomic E-state index is -0.496. The Morgan fingerprint density at radius 1 is 1.12 bits per heavy atom. The van der Waals surface area contributed by atoms with E-state index in [2.05, 4.69) is 15.0 Å². The molecule has 0 N–H and O–H groups in total. The predicted molar refractivity (Wildman–Crippen MR) is 100 cm³/mol. The summed E-state index contributed by atoms with van der Waals surface area (Å²) < 4.78 is 6.36. The zero-order chi connectivity index (χ0) is 17.2. The third-order valence-corrected chi connectivity index (χ3v) is 4.47. The fourth-order valence-corrected chi connectivity index (χ4v) is 3.17. The molecule has 2 aliphatic heterocycles. The van der Waals surface area contributed by atoms with Crippen molar-refractivity contribution in [1.82, 2.24) is 14.4 Å². The van der Waals surface area contributed by atoms with Crippen LogP contribution in [0.25, 0.3) is 5.65 Å². The van der Waals surface area contributed by atoms with Gasteiger partial charge in [0.2, 0.25) is 0 Å². The number of aromatic nitrogens is 2. The number of pyridine rings is 1. The highest BCUT2D eigenvalue weighted by molar-refractivity contribution is 5.87. The standard InChI is InChI=1S/C17H19N5O3.ClH/c23-16-13(12-18-22-10-11-25-17(22)24)15(20-7-3-1-4-8-20)19-14-6-2-5-9-21(14)16;/h2,5-6,9,12H,1,3-4,7-8,10-11H2;1H/b18-12+;. The summed E-state index contributed by atoms with van der Waals surface area (Å²) in [6, 6.07) is 5.46. The molecule has 4 rings (SSSR count). The van der Waals surface area contributed by atoms with E-state index in [1.54, 1.807) is 12.3 Å². The van der Waals surface area contributed by atoms with Crippen LogP contribution in [0.4, 0.5) is 10.6 Å². The number of anilines is 1. The largest absolute Gasteiger partial charge is 0.446 e. The molecular weight excluding hydrogens is 358 g/mol. The maximum atomic E-state index is 12.9. The molecule has 2 aromatic heterocycles. The molecule has 0 unspecified atom stereocenters. The number of hydrazone groups is 1. The lowest BCUT2D eigenvalue weighted by atomic mass is 10.1. The zero-order valence-corrected chi connectivity index (χ0v) is 15.0. The Kier molecular flexibility index (Phi) is 5.41. The topological polar surface area (TPSA) is 79.5 Å². The van der Waals surface area contributed by atoms with Gasteiger partial charge in [0.1, 0.15) is 23.6 Å². The summed E-state index contributed by atoms with van der Waals surface area (Å²) in [5, 5.41) is 5.37. The molecular formula is C17H20ClN5O3. The molecule has 4 heterocycles. The first kappa shape index (κ1) is 18.2. The Morgan fingerprint density at radius 2 is 1.92 bits per heavy atom. The molecule has 0 radical (unpaired) electrons. The number of carbonyl (C=O) groups is 1. The SMILES string of the molecule is Cl.O=C1OCCN1/N=C/c1c(N2CCCCC2)nc2ccccn2c1=O. The second-order valence-corrected chi connectivity index (χ2v) is 6.11. The summed E-state index contributed by atoms with van der Waals surface area (Å²) in [4.78, 5) is 31.3. The first-order valence-corrected chi connectivity index (χ1v) is 8.49. The van der Waals surface area contributed by atoms with E-state index in [-0.39, 0.29) is 18.0 Å². The highest BCUT2D eigenvalue weighted by Gasteiger charge is 2.23. The van der Waals surface area contributed by atoms with Crippen LogP contribution in [-0.4, -0.2) is 52.9 Å². The normalized spacial score (nSPS) is 17.6. The van der Waals surface area contributed by atoms with E-state index in [1.807, 2.05) is 12.1 Å². The highest BCUT2D eigenvalue weighted by Crippen LogP contribution is 2.20. The van der Waals surface area contributed by atoms with Gasteiger partial charge in [-0.25, -0.2) is 9.78 Å². The summed E-state index contributed by atoms with van der Waals surface area (Å²) in [5.41, 5.74) is 0.804. The van der Waals surface area contributed by atoms with Gasteiger partial charge in [0.25, 0.3) is 5.56 Å². The Labute approximate surface area is 156 Å². The van der Waals surface area contributed by atoms with E-state index in [4.69, 9.17) is 4.74 Å². The third kappa shape index (κ3) is 3.37. The molecule has 0 atom stereocenters. The van der Waals surface area contributed by atoms with Gasteiger partial charge in [0, 0.05) is 19.3 Å². The van der Waals surface area contributed by atoms with Gasteiger partial charge in [-0.2, -0.15) is 10.1 Å². The number of hydrogen-bond acceptors (Lipinski definition) is 6. The highest BCUT2D eigenvalue weighted by atomic mass is 35.5. The maximum Gasteiger partial charge on any atom is 0.430 e. The number of amides is 1. The quantitative estimate of drug-likeness (QED) is 0.763. The zero-order valence-electron chi connectivity index (χ0n) is 14.2. The summed E-state index contributed by atoms with van der Waals surface area (Å²) in [6.45, 7) is 2.42. The van der Waals surface area contributed by atoms with Crippen molar-refractivity contribution in [3.63, 3.8) is 0 Å². The molecule has 0 bridgehead atoms. The summed E-state index contributed by atoms with van der Waals surface area (Å²) in [7, 11) is 0. The van der Waals surface area contributed by atoms with Crippen LogP contribution in [0.5, 0.6) is 0 Å². The molecule has 0 saturated carbocycles. The Morgan fingerprint density at radius 3 is 2.65 bits per heavy atom. The van der Waals surface area contributed by atoms with E-state index in [0.29, 0.717) is 30.2 Å². The minimum Gasteiger partial charge on any atom is -0.446 e. The summed E-state index contributed by atoms with van der Waals surface area (Å²) in [5.74, 6) is 0.632. The van der Waals surface area contributed by atoms with E-state index < -0.39 is 6.09 Å². The maximum absolute atomic E-state index is 12.9. The average Bonchev–Trinajstić information content (AvgIpc) is 3.06. The fraction of sp³-hybridized carbons (Fsp3) is 0.412. The lowest BCUT2D eigenvalue weighted by molar-refractivity contribution is 0.159. The second-order valence-electron chi connectivity index (χ2n) is 6.11. The summed E-state index contributed by atoms with van der Waals surface area (Å²) >= 11 is 0. The second kappa shape index (κ2) is 7.74. The average molecular weight is 378 g/mol. The van der Waals surface area contributed by atoms with Crippen molar-refractivity contribution >= 4 is 36.2 Å².